The normalized spacial score (nSPS) is 11.7. The van der Waals surface area contributed by atoms with E-state index in [1.165, 1.54) is 6.08 Å². The van der Waals surface area contributed by atoms with Crippen LogP contribution in [0.25, 0.3) is 10.4 Å². The predicted molar refractivity (Wildman–Crippen MR) is 57.8 cm³/mol. The second-order valence-corrected chi connectivity index (χ2v) is 3.44. The van der Waals surface area contributed by atoms with Crippen molar-refractivity contribution in [3.63, 3.8) is 0 Å². The van der Waals surface area contributed by atoms with Crippen molar-refractivity contribution in [3.05, 3.63) is 58.2 Å². The van der Waals surface area contributed by atoms with E-state index in [-0.39, 0.29) is 12.0 Å². The molecule has 17 heavy (non-hydrogen) atoms. The zero-order chi connectivity index (χ0) is 12.8. The van der Waals surface area contributed by atoms with Crippen molar-refractivity contribution in [2.75, 3.05) is 0 Å². The Morgan fingerprint density at radius 1 is 1.29 bits per heavy atom. The molecule has 1 aromatic rings. The van der Waals surface area contributed by atoms with Crippen molar-refractivity contribution in [2.24, 2.45) is 5.11 Å². The van der Waals surface area contributed by atoms with Crippen LogP contribution in [0.15, 0.2) is 29.9 Å². The lowest BCUT2D eigenvalue weighted by atomic mass is 10.0. The Balaban J connectivity index is 2.96. The minimum Gasteiger partial charge on any atom is -0.207 e. The van der Waals surface area contributed by atoms with Gasteiger partial charge in [-0.3, -0.25) is 0 Å². The van der Waals surface area contributed by atoms with Gasteiger partial charge in [0.2, 0.25) is 0 Å². The Labute approximate surface area is 96.2 Å². The van der Waals surface area contributed by atoms with Gasteiger partial charge in [-0.25, -0.2) is 13.2 Å². The third kappa shape index (κ3) is 3.53. The van der Waals surface area contributed by atoms with Crippen LogP contribution in [0.1, 0.15) is 12.0 Å². The molecule has 0 fully saturated rings. The van der Waals surface area contributed by atoms with Gasteiger partial charge in [0.15, 0.2) is 11.6 Å². The summed E-state index contributed by atoms with van der Waals surface area (Å²) in [6.45, 7) is 3.47. The maximum Gasteiger partial charge on any atom is 0.161 e. The lowest BCUT2D eigenvalue weighted by Crippen LogP contribution is -2.09. The van der Waals surface area contributed by atoms with Crippen molar-refractivity contribution in [1.82, 2.24) is 0 Å². The van der Waals surface area contributed by atoms with Gasteiger partial charge in [-0.2, -0.15) is 0 Å². The lowest BCUT2D eigenvalue weighted by Gasteiger charge is -2.09. The molecule has 0 spiro atoms. The van der Waals surface area contributed by atoms with Crippen LogP contribution in [0.4, 0.5) is 13.2 Å². The van der Waals surface area contributed by atoms with Crippen LogP contribution < -0.4 is 0 Å². The van der Waals surface area contributed by atoms with Crippen molar-refractivity contribution in [2.45, 2.75) is 18.9 Å². The number of nitrogens with zero attached hydrogens (tertiary/aromatic N) is 3. The van der Waals surface area contributed by atoms with Crippen molar-refractivity contribution < 1.29 is 13.2 Å². The van der Waals surface area contributed by atoms with Gasteiger partial charge >= 0.3 is 0 Å². The largest absolute Gasteiger partial charge is 0.207 e. The average molecular weight is 241 g/mol. The van der Waals surface area contributed by atoms with Crippen molar-refractivity contribution in [3.8, 4) is 0 Å². The summed E-state index contributed by atoms with van der Waals surface area (Å²) in [5.41, 5.74) is 8.28. The summed E-state index contributed by atoms with van der Waals surface area (Å²) in [7, 11) is 0. The summed E-state index contributed by atoms with van der Waals surface area (Å²) < 4.78 is 38.9. The molecule has 0 amide bonds. The minimum absolute atomic E-state index is 0.000880. The van der Waals surface area contributed by atoms with E-state index in [0.717, 1.165) is 6.07 Å². The minimum atomic E-state index is -1.24. The molecule has 0 aliphatic heterocycles. The summed E-state index contributed by atoms with van der Waals surface area (Å²) in [6.07, 6.45) is 1.85. The fraction of sp³-hybridized carbons (Fsp3) is 0.273. The standard InChI is InChI=1S/C11H10F3N3/c1-2-3-8(16-17-15)4-7-5-10(13)11(14)6-9(7)12/h2,5-6,8H,1,3-4H2. The van der Waals surface area contributed by atoms with Gasteiger partial charge in [0, 0.05) is 17.0 Å². The summed E-state index contributed by atoms with van der Waals surface area (Å²) in [5.74, 6) is -3.22. The monoisotopic (exact) mass is 241 g/mol. The van der Waals surface area contributed by atoms with Crippen LogP contribution in [-0.4, -0.2) is 6.04 Å². The van der Waals surface area contributed by atoms with Gasteiger partial charge in [-0.15, -0.1) is 6.58 Å². The first-order valence-corrected chi connectivity index (χ1v) is 4.87. The second kappa shape index (κ2) is 5.96. The van der Waals surface area contributed by atoms with Gasteiger partial charge in [-0.05, 0) is 30.0 Å². The van der Waals surface area contributed by atoms with Crippen molar-refractivity contribution >= 4 is 0 Å². The highest BCUT2D eigenvalue weighted by Crippen LogP contribution is 2.17. The molecule has 0 saturated carbocycles. The molecule has 6 heteroatoms. The predicted octanol–water partition coefficient (Wildman–Crippen LogP) is 3.90. The molecular weight excluding hydrogens is 231 g/mol. The number of azide groups is 1. The first-order valence-electron chi connectivity index (χ1n) is 4.87. The molecular formula is C11H10F3N3. The van der Waals surface area contributed by atoms with E-state index in [9.17, 15) is 13.2 Å². The molecule has 1 atom stereocenters. The molecule has 90 valence electrons. The van der Waals surface area contributed by atoms with E-state index in [1.807, 2.05) is 0 Å². The van der Waals surface area contributed by atoms with Crippen LogP contribution in [0.2, 0.25) is 0 Å². The van der Waals surface area contributed by atoms with Gasteiger partial charge < -0.3 is 0 Å². The summed E-state index contributed by atoms with van der Waals surface area (Å²) >= 11 is 0. The van der Waals surface area contributed by atoms with E-state index in [0.29, 0.717) is 12.5 Å². The van der Waals surface area contributed by atoms with E-state index < -0.39 is 23.5 Å². The van der Waals surface area contributed by atoms with Crippen LogP contribution in [-0.2, 0) is 6.42 Å². The third-order valence-electron chi connectivity index (χ3n) is 2.20. The Kier molecular flexibility index (Phi) is 4.60. The summed E-state index contributed by atoms with van der Waals surface area (Å²) in [5, 5.41) is 3.43. The highest BCUT2D eigenvalue weighted by atomic mass is 19.2. The number of benzene rings is 1. The first kappa shape index (κ1) is 13.1. The maximum absolute atomic E-state index is 13.3. The molecule has 0 bridgehead atoms. The summed E-state index contributed by atoms with van der Waals surface area (Å²) in [6, 6.07) is 0.691. The van der Waals surface area contributed by atoms with E-state index in [2.05, 4.69) is 16.6 Å². The highest BCUT2D eigenvalue weighted by molar-refractivity contribution is 5.21. The average Bonchev–Trinajstić information content (AvgIpc) is 2.26. The Morgan fingerprint density at radius 2 is 1.94 bits per heavy atom. The first-order chi connectivity index (χ1) is 8.08. The fourth-order valence-corrected chi connectivity index (χ4v) is 1.41. The smallest absolute Gasteiger partial charge is 0.161 e. The lowest BCUT2D eigenvalue weighted by molar-refractivity contribution is 0.487. The van der Waals surface area contributed by atoms with Gasteiger partial charge in [0.1, 0.15) is 5.82 Å². The molecule has 0 N–H and O–H groups in total. The molecule has 0 aliphatic rings. The fourth-order valence-electron chi connectivity index (χ4n) is 1.41. The molecule has 3 nitrogen and oxygen atoms in total. The van der Waals surface area contributed by atoms with E-state index in [1.54, 1.807) is 0 Å². The molecule has 0 aliphatic carbocycles. The van der Waals surface area contributed by atoms with Crippen molar-refractivity contribution in [1.29, 1.82) is 0 Å². The molecule has 0 saturated heterocycles. The van der Waals surface area contributed by atoms with Gasteiger partial charge in [0.05, 0.1) is 0 Å². The van der Waals surface area contributed by atoms with Crippen LogP contribution >= 0.6 is 0 Å². The van der Waals surface area contributed by atoms with Crippen LogP contribution in [0.3, 0.4) is 0 Å². The van der Waals surface area contributed by atoms with Crippen LogP contribution in [0.5, 0.6) is 0 Å². The topological polar surface area (TPSA) is 48.8 Å². The Morgan fingerprint density at radius 3 is 2.53 bits per heavy atom. The molecule has 0 radical (unpaired) electrons. The zero-order valence-corrected chi connectivity index (χ0v) is 8.91. The SMILES string of the molecule is C=CCC(Cc1cc(F)c(F)cc1F)N=[N+]=[N-]. The third-order valence-corrected chi connectivity index (χ3v) is 2.20. The maximum atomic E-state index is 13.3. The second-order valence-electron chi connectivity index (χ2n) is 3.44. The van der Waals surface area contributed by atoms with E-state index in [4.69, 9.17) is 5.53 Å². The Bertz CT molecular complexity index is 467. The summed E-state index contributed by atoms with van der Waals surface area (Å²) in [4.78, 5) is 2.61. The number of rotatable bonds is 5. The van der Waals surface area contributed by atoms with Gasteiger partial charge in [0.25, 0.3) is 0 Å². The highest BCUT2D eigenvalue weighted by Gasteiger charge is 2.13. The number of halogens is 3. The molecule has 1 aromatic carbocycles. The Hall–Kier alpha value is -1.94. The van der Waals surface area contributed by atoms with Crippen LogP contribution in [0, 0.1) is 17.5 Å². The quantitative estimate of drug-likeness (QED) is 0.247. The molecule has 0 aromatic heterocycles. The number of hydrogen-bond acceptors (Lipinski definition) is 1. The van der Waals surface area contributed by atoms with Gasteiger partial charge in [-0.1, -0.05) is 11.2 Å². The van der Waals surface area contributed by atoms with E-state index >= 15 is 0 Å². The zero-order valence-electron chi connectivity index (χ0n) is 8.91. The molecule has 1 unspecified atom stereocenters. The number of hydrogen-bond donors (Lipinski definition) is 0. The molecule has 1 rings (SSSR count). The molecule has 0 heterocycles.